The number of esters is 1. The Hall–Kier alpha value is -4.27. The highest BCUT2D eigenvalue weighted by atomic mass is 16.5. The Labute approximate surface area is 272 Å². The van der Waals surface area contributed by atoms with Crippen LogP contribution in [0.15, 0.2) is 103 Å². The smallest absolute Gasteiger partial charge is 0.309 e. The van der Waals surface area contributed by atoms with Crippen LogP contribution in [0.3, 0.4) is 0 Å². The molecule has 46 heavy (non-hydrogen) atoms. The quantitative estimate of drug-likeness (QED) is 0.194. The first kappa shape index (κ1) is 34.6. The summed E-state index contributed by atoms with van der Waals surface area (Å²) < 4.78 is 11.8. The van der Waals surface area contributed by atoms with Crippen molar-refractivity contribution in [1.82, 2.24) is 10.6 Å². The Kier molecular flexibility index (Phi) is 14.5. The maximum absolute atomic E-state index is 13.6. The first-order valence-electron chi connectivity index (χ1n) is 16.2. The highest BCUT2D eigenvalue weighted by molar-refractivity contribution is 5.86. The number of ether oxygens (including phenoxy) is 2. The number of aliphatic hydroxyl groups excluding tert-OH is 1. The predicted octanol–water partition coefficient (Wildman–Crippen LogP) is 4.95. The minimum absolute atomic E-state index is 0.0386. The van der Waals surface area contributed by atoms with E-state index in [9.17, 15) is 19.5 Å². The topological polar surface area (TPSA) is 114 Å². The first-order chi connectivity index (χ1) is 22.5. The van der Waals surface area contributed by atoms with Gasteiger partial charge in [-0.25, -0.2) is 0 Å². The summed E-state index contributed by atoms with van der Waals surface area (Å²) in [5.41, 5.74) is 3.06. The SMILES string of the molecule is O=C(CC1CC=CCCCC(Cc2ccccc2)C(=O)OCC(COCc2ccccc2)NC1=O)NC(CO)Cc1ccccc1. The van der Waals surface area contributed by atoms with Crippen LogP contribution in [0, 0.1) is 11.8 Å². The normalized spacial score (nSPS) is 20.2. The monoisotopic (exact) mass is 626 g/mol. The summed E-state index contributed by atoms with van der Waals surface area (Å²) in [7, 11) is 0. The summed E-state index contributed by atoms with van der Waals surface area (Å²) in [5, 5.41) is 15.8. The molecule has 0 aromatic heterocycles. The zero-order chi connectivity index (χ0) is 32.4. The second-order valence-corrected chi connectivity index (χ2v) is 11.9. The van der Waals surface area contributed by atoms with E-state index in [-0.39, 0.29) is 49.9 Å². The van der Waals surface area contributed by atoms with Crippen LogP contribution in [0.25, 0.3) is 0 Å². The fourth-order valence-electron chi connectivity index (χ4n) is 5.56. The molecule has 0 spiro atoms. The molecule has 0 fully saturated rings. The van der Waals surface area contributed by atoms with Crippen molar-refractivity contribution < 1.29 is 29.0 Å². The molecule has 4 atom stereocenters. The molecule has 8 nitrogen and oxygen atoms in total. The third-order valence-corrected chi connectivity index (χ3v) is 8.09. The van der Waals surface area contributed by atoms with Gasteiger partial charge in [-0.05, 0) is 55.2 Å². The second-order valence-electron chi connectivity index (χ2n) is 11.9. The third-order valence-electron chi connectivity index (χ3n) is 8.09. The lowest BCUT2D eigenvalue weighted by Crippen LogP contribution is -2.46. The van der Waals surface area contributed by atoms with Gasteiger partial charge in [0.1, 0.15) is 6.61 Å². The van der Waals surface area contributed by atoms with E-state index in [1.807, 2.05) is 103 Å². The zero-order valence-corrected chi connectivity index (χ0v) is 26.4. The van der Waals surface area contributed by atoms with E-state index in [2.05, 4.69) is 10.6 Å². The molecule has 244 valence electrons. The minimum Gasteiger partial charge on any atom is -0.463 e. The van der Waals surface area contributed by atoms with Gasteiger partial charge < -0.3 is 25.2 Å². The van der Waals surface area contributed by atoms with E-state index < -0.39 is 18.0 Å². The van der Waals surface area contributed by atoms with Gasteiger partial charge in [0.15, 0.2) is 0 Å². The highest BCUT2D eigenvalue weighted by Gasteiger charge is 2.27. The molecule has 8 heteroatoms. The molecular weight excluding hydrogens is 580 g/mol. The van der Waals surface area contributed by atoms with Crippen molar-refractivity contribution in [3.63, 3.8) is 0 Å². The average Bonchev–Trinajstić information content (AvgIpc) is 3.08. The van der Waals surface area contributed by atoms with E-state index in [1.54, 1.807) is 0 Å². The number of amides is 2. The van der Waals surface area contributed by atoms with E-state index in [0.29, 0.717) is 32.3 Å². The van der Waals surface area contributed by atoms with Crippen molar-refractivity contribution in [2.45, 2.75) is 63.6 Å². The van der Waals surface area contributed by atoms with Crippen molar-refractivity contribution in [3.8, 4) is 0 Å². The molecule has 4 rings (SSSR count). The molecule has 3 N–H and O–H groups in total. The van der Waals surface area contributed by atoms with Crippen LogP contribution in [-0.4, -0.2) is 54.8 Å². The van der Waals surface area contributed by atoms with E-state index in [1.165, 1.54) is 0 Å². The molecule has 0 radical (unpaired) electrons. The van der Waals surface area contributed by atoms with E-state index in [4.69, 9.17) is 9.47 Å². The van der Waals surface area contributed by atoms with Crippen molar-refractivity contribution in [1.29, 1.82) is 0 Å². The number of hydrogen-bond donors (Lipinski definition) is 3. The van der Waals surface area contributed by atoms with Crippen LogP contribution in [0.4, 0.5) is 0 Å². The molecule has 3 aromatic carbocycles. The summed E-state index contributed by atoms with van der Waals surface area (Å²) in [4.78, 5) is 40.1. The fourth-order valence-corrected chi connectivity index (χ4v) is 5.56. The highest BCUT2D eigenvalue weighted by Crippen LogP contribution is 2.19. The number of allylic oxidation sites excluding steroid dienone is 2. The maximum atomic E-state index is 13.6. The molecule has 2 amide bonds. The average molecular weight is 627 g/mol. The van der Waals surface area contributed by atoms with Gasteiger partial charge in [0.2, 0.25) is 11.8 Å². The number of hydrogen-bond acceptors (Lipinski definition) is 6. The summed E-state index contributed by atoms with van der Waals surface area (Å²) in [6.07, 6.45) is 7.59. The summed E-state index contributed by atoms with van der Waals surface area (Å²) in [6, 6.07) is 28.2. The molecular formula is C38H46N2O6. The number of cyclic esters (lactones) is 1. The minimum atomic E-state index is -0.645. The van der Waals surface area contributed by atoms with Gasteiger partial charge in [-0.2, -0.15) is 0 Å². The van der Waals surface area contributed by atoms with Crippen LogP contribution in [0.2, 0.25) is 0 Å². The number of aliphatic hydroxyl groups is 1. The molecule has 0 bridgehead atoms. The van der Waals surface area contributed by atoms with Crippen LogP contribution >= 0.6 is 0 Å². The van der Waals surface area contributed by atoms with Gasteiger partial charge in [0, 0.05) is 6.42 Å². The number of benzene rings is 3. The second kappa shape index (κ2) is 19.3. The third kappa shape index (κ3) is 12.3. The van der Waals surface area contributed by atoms with Crippen molar-refractivity contribution in [3.05, 3.63) is 120 Å². The molecule has 3 aromatic rings. The number of carbonyl (C=O) groups is 3. The summed E-state index contributed by atoms with van der Waals surface area (Å²) in [6.45, 7) is 0.226. The number of rotatable bonds is 12. The van der Waals surface area contributed by atoms with E-state index in [0.717, 1.165) is 29.5 Å². The van der Waals surface area contributed by atoms with E-state index >= 15 is 0 Å². The molecule has 1 heterocycles. The molecule has 0 saturated carbocycles. The van der Waals surface area contributed by atoms with Gasteiger partial charge in [0.25, 0.3) is 0 Å². The van der Waals surface area contributed by atoms with Crippen LogP contribution in [0.1, 0.15) is 48.8 Å². The summed E-state index contributed by atoms with van der Waals surface area (Å²) >= 11 is 0. The number of nitrogens with one attached hydrogen (secondary N) is 2. The molecule has 0 aliphatic carbocycles. The predicted molar refractivity (Wildman–Crippen MR) is 178 cm³/mol. The fraction of sp³-hybridized carbons (Fsp3) is 0.395. The van der Waals surface area contributed by atoms with Crippen LogP contribution < -0.4 is 10.6 Å². The van der Waals surface area contributed by atoms with Gasteiger partial charge in [-0.1, -0.05) is 103 Å². The Balaban J connectivity index is 1.44. The molecule has 1 aliphatic heterocycles. The number of carbonyl (C=O) groups excluding carboxylic acids is 3. The standard InChI is InChI=1S/C38H46N2O6/c41-25-34(23-30-16-8-4-9-17-30)39-36(42)24-32-20-12-1-2-13-21-33(22-29-14-6-3-7-15-29)38(44)46-28-35(40-37(32)43)27-45-26-31-18-10-5-11-19-31/h1,3-12,14-19,32-35,41H,2,13,20-28H2,(H,39,42)(H,40,43). The largest absolute Gasteiger partial charge is 0.463 e. The van der Waals surface area contributed by atoms with Gasteiger partial charge >= 0.3 is 5.97 Å². The molecule has 1 aliphatic rings. The van der Waals surface area contributed by atoms with Gasteiger partial charge in [-0.15, -0.1) is 0 Å². The zero-order valence-electron chi connectivity index (χ0n) is 26.4. The van der Waals surface area contributed by atoms with Gasteiger partial charge in [-0.3, -0.25) is 14.4 Å². The van der Waals surface area contributed by atoms with Crippen LogP contribution in [0.5, 0.6) is 0 Å². The van der Waals surface area contributed by atoms with Gasteiger partial charge in [0.05, 0.1) is 43.7 Å². The van der Waals surface area contributed by atoms with Crippen molar-refractivity contribution in [2.24, 2.45) is 11.8 Å². The maximum Gasteiger partial charge on any atom is 0.309 e. The van der Waals surface area contributed by atoms with Crippen molar-refractivity contribution in [2.75, 3.05) is 19.8 Å². The lowest BCUT2D eigenvalue weighted by molar-refractivity contribution is -0.151. The summed E-state index contributed by atoms with van der Waals surface area (Å²) in [5.74, 6) is -1.86. The Bertz CT molecular complexity index is 1370. The Morgan fingerprint density at radius 1 is 0.891 bits per heavy atom. The lowest BCUT2D eigenvalue weighted by Gasteiger charge is -2.24. The molecule has 0 saturated heterocycles. The lowest BCUT2D eigenvalue weighted by atomic mass is 9.93. The van der Waals surface area contributed by atoms with Crippen molar-refractivity contribution >= 4 is 17.8 Å². The Morgan fingerprint density at radius 2 is 1.54 bits per heavy atom. The first-order valence-corrected chi connectivity index (χ1v) is 16.2. The van der Waals surface area contributed by atoms with Crippen LogP contribution in [-0.2, 0) is 43.3 Å². The Morgan fingerprint density at radius 3 is 2.22 bits per heavy atom. The molecule has 4 unspecified atom stereocenters.